The highest BCUT2D eigenvalue weighted by molar-refractivity contribution is 5.79. The van der Waals surface area contributed by atoms with Crippen molar-refractivity contribution in [1.82, 2.24) is 15.5 Å². The summed E-state index contributed by atoms with van der Waals surface area (Å²) < 4.78 is 0. The van der Waals surface area contributed by atoms with E-state index in [-0.39, 0.29) is 17.9 Å². The van der Waals surface area contributed by atoms with Crippen LogP contribution in [0.15, 0.2) is 0 Å². The fraction of sp³-hybridized carbons (Fsp3) is 0.941. The number of likely N-dealkylation sites (tertiary alicyclic amines) is 1. The highest BCUT2D eigenvalue weighted by Crippen LogP contribution is 2.31. The Balaban J connectivity index is 1.44. The third-order valence-corrected chi connectivity index (χ3v) is 5.23. The lowest BCUT2D eigenvalue weighted by Crippen LogP contribution is -2.46. The topological polar surface area (TPSA) is 44.4 Å². The molecular formula is C17H31N3O. The number of amides is 1. The van der Waals surface area contributed by atoms with Crippen molar-refractivity contribution in [2.75, 3.05) is 13.1 Å². The molecule has 0 unspecified atom stereocenters. The van der Waals surface area contributed by atoms with Crippen LogP contribution in [-0.2, 0) is 4.79 Å². The molecule has 3 atom stereocenters. The lowest BCUT2D eigenvalue weighted by Gasteiger charge is -2.31. The molecule has 0 aromatic heterocycles. The fourth-order valence-corrected chi connectivity index (χ4v) is 4.01. The van der Waals surface area contributed by atoms with Crippen LogP contribution in [-0.4, -0.2) is 48.1 Å². The van der Waals surface area contributed by atoms with Crippen LogP contribution in [0.5, 0.6) is 0 Å². The van der Waals surface area contributed by atoms with E-state index in [9.17, 15) is 4.79 Å². The lowest BCUT2D eigenvalue weighted by molar-refractivity contribution is -0.126. The third kappa shape index (κ3) is 4.19. The third-order valence-electron chi connectivity index (χ3n) is 5.23. The van der Waals surface area contributed by atoms with Gasteiger partial charge in [0.1, 0.15) is 0 Å². The van der Waals surface area contributed by atoms with E-state index in [1.165, 1.54) is 45.2 Å². The number of nitrogens with zero attached hydrogens (tertiary/aromatic N) is 1. The quantitative estimate of drug-likeness (QED) is 0.814. The molecule has 0 bridgehead atoms. The Kier molecular flexibility index (Phi) is 4.85. The Morgan fingerprint density at radius 3 is 2.62 bits per heavy atom. The summed E-state index contributed by atoms with van der Waals surface area (Å²) in [6, 6.07) is 2.36. The molecule has 0 spiro atoms. The largest absolute Gasteiger partial charge is 0.354 e. The van der Waals surface area contributed by atoms with E-state index in [2.05, 4.69) is 15.5 Å². The van der Waals surface area contributed by atoms with Crippen LogP contribution in [0.25, 0.3) is 0 Å². The first-order valence-electron chi connectivity index (χ1n) is 8.92. The van der Waals surface area contributed by atoms with Crippen molar-refractivity contribution in [2.24, 2.45) is 5.92 Å². The zero-order valence-corrected chi connectivity index (χ0v) is 13.6. The predicted molar refractivity (Wildman–Crippen MR) is 85.2 cm³/mol. The van der Waals surface area contributed by atoms with Crippen molar-refractivity contribution in [3.05, 3.63) is 0 Å². The van der Waals surface area contributed by atoms with Crippen LogP contribution in [0.3, 0.4) is 0 Å². The maximum absolute atomic E-state index is 12.2. The van der Waals surface area contributed by atoms with Crippen LogP contribution in [0.2, 0.25) is 0 Å². The minimum atomic E-state index is 0.222. The van der Waals surface area contributed by atoms with Gasteiger partial charge in [-0.05, 0) is 52.4 Å². The normalized spacial score (nSPS) is 34.3. The molecule has 2 N–H and O–H groups in total. The molecule has 120 valence electrons. The average molecular weight is 293 g/mol. The maximum Gasteiger partial charge on any atom is 0.223 e. The Labute approximate surface area is 129 Å². The average Bonchev–Trinajstić information content (AvgIpc) is 3.19. The Bertz CT molecular complexity index is 367. The number of carbonyl (C=O) groups excluding carboxylic acids is 1. The molecule has 0 aromatic rings. The van der Waals surface area contributed by atoms with E-state index < -0.39 is 0 Å². The second kappa shape index (κ2) is 6.66. The molecule has 1 saturated heterocycles. The van der Waals surface area contributed by atoms with Gasteiger partial charge in [0.15, 0.2) is 0 Å². The highest BCUT2D eigenvalue weighted by atomic mass is 16.1. The van der Waals surface area contributed by atoms with E-state index in [1.807, 2.05) is 13.8 Å². The molecule has 4 heteroatoms. The summed E-state index contributed by atoms with van der Waals surface area (Å²) in [7, 11) is 0. The van der Waals surface area contributed by atoms with Gasteiger partial charge in [-0.3, -0.25) is 9.69 Å². The van der Waals surface area contributed by atoms with Crippen molar-refractivity contribution >= 4 is 5.91 Å². The van der Waals surface area contributed by atoms with Gasteiger partial charge in [0, 0.05) is 43.2 Å². The molecule has 1 aliphatic heterocycles. The van der Waals surface area contributed by atoms with E-state index in [0.29, 0.717) is 12.1 Å². The van der Waals surface area contributed by atoms with Gasteiger partial charge in [0.25, 0.3) is 0 Å². The minimum Gasteiger partial charge on any atom is -0.354 e. The summed E-state index contributed by atoms with van der Waals surface area (Å²) in [4.78, 5) is 14.8. The predicted octanol–water partition coefficient (Wildman–Crippen LogP) is 1.90. The molecule has 21 heavy (non-hydrogen) atoms. The number of hydrogen-bond donors (Lipinski definition) is 2. The summed E-state index contributed by atoms with van der Waals surface area (Å²) in [6.07, 6.45) is 8.63. The second-order valence-electron chi connectivity index (χ2n) is 7.60. The lowest BCUT2D eigenvalue weighted by atomic mass is 9.84. The van der Waals surface area contributed by atoms with Crippen molar-refractivity contribution in [3.8, 4) is 0 Å². The highest BCUT2D eigenvalue weighted by Gasteiger charge is 2.36. The SMILES string of the molecule is CC(C)NC(=O)[C@@H]1CCC[C@@H](N[C@@H]2CCN(C3CC3)C2)C1. The van der Waals surface area contributed by atoms with E-state index in [4.69, 9.17) is 0 Å². The molecule has 4 nitrogen and oxygen atoms in total. The number of nitrogens with one attached hydrogen (secondary N) is 2. The van der Waals surface area contributed by atoms with Gasteiger partial charge in [-0.25, -0.2) is 0 Å². The summed E-state index contributed by atoms with van der Waals surface area (Å²) in [5.74, 6) is 0.488. The monoisotopic (exact) mass is 293 g/mol. The molecule has 3 fully saturated rings. The van der Waals surface area contributed by atoms with E-state index in [0.717, 1.165) is 18.9 Å². The molecule has 0 radical (unpaired) electrons. The zero-order valence-electron chi connectivity index (χ0n) is 13.6. The summed E-state index contributed by atoms with van der Waals surface area (Å²) in [6.45, 7) is 6.58. The van der Waals surface area contributed by atoms with Crippen LogP contribution >= 0.6 is 0 Å². The van der Waals surface area contributed by atoms with Crippen LogP contribution in [0.1, 0.15) is 58.8 Å². The standard InChI is InChI=1S/C17H31N3O/c1-12(2)18-17(21)13-4-3-5-14(10-13)19-15-8-9-20(11-15)16-6-7-16/h12-16,19H,3-11H2,1-2H3,(H,18,21)/t13-,14-,15-/m1/s1. The van der Waals surface area contributed by atoms with Gasteiger partial charge in [0.05, 0.1) is 0 Å². The Morgan fingerprint density at radius 2 is 1.90 bits per heavy atom. The molecular weight excluding hydrogens is 262 g/mol. The van der Waals surface area contributed by atoms with Crippen molar-refractivity contribution < 1.29 is 4.79 Å². The van der Waals surface area contributed by atoms with Gasteiger partial charge >= 0.3 is 0 Å². The fourth-order valence-electron chi connectivity index (χ4n) is 4.01. The summed E-state index contributed by atoms with van der Waals surface area (Å²) >= 11 is 0. The molecule has 2 aliphatic carbocycles. The first-order valence-corrected chi connectivity index (χ1v) is 8.92. The van der Waals surface area contributed by atoms with Gasteiger partial charge in [-0.15, -0.1) is 0 Å². The van der Waals surface area contributed by atoms with Crippen molar-refractivity contribution in [1.29, 1.82) is 0 Å². The number of hydrogen-bond acceptors (Lipinski definition) is 3. The first-order chi connectivity index (χ1) is 10.1. The molecule has 0 aromatic carbocycles. The van der Waals surface area contributed by atoms with Gasteiger partial charge < -0.3 is 10.6 Å². The number of carbonyl (C=O) groups is 1. The van der Waals surface area contributed by atoms with Gasteiger partial charge in [-0.1, -0.05) is 6.42 Å². The zero-order chi connectivity index (χ0) is 14.8. The van der Waals surface area contributed by atoms with Crippen molar-refractivity contribution in [2.45, 2.75) is 83.0 Å². The number of rotatable bonds is 5. The van der Waals surface area contributed by atoms with Crippen LogP contribution in [0.4, 0.5) is 0 Å². The minimum absolute atomic E-state index is 0.222. The second-order valence-corrected chi connectivity index (χ2v) is 7.60. The summed E-state index contributed by atoms with van der Waals surface area (Å²) in [5.41, 5.74) is 0. The van der Waals surface area contributed by atoms with Crippen molar-refractivity contribution in [3.63, 3.8) is 0 Å². The molecule has 3 aliphatic rings. The summed E-state index contributed by atoms with van der Waals surface area (Å²) in [5, 5.41) is 6.93. The van der Waals surface area contributed by atoms with E-state index >= 15 is 0 Å². The van der Waals surface area contributed by atoms with Crippen LogP contribution in [0, 0.1) is 5.92 Å². The van der Waals surface area contributed by atoms with Gasteiger partial charge in [0.2, 0.25) is 5.91 Å². The Morgan fingerprint density at radius 1 is 1.10 bits per heavy atom. The van der Waals surface area contributed by atoms with E-state index in [1.54, 1.807) is 0 Å². The molecule has 1 amide bonds. The molecule has 2 saturated carbocycles. The maximum atomic E-state index is 12.2. The molecule has 1 heterocycles. The Hall–Kier alpha value is -0.610. The van der Waals surface area contributed by atoms with Gasteiger partial charge in [-0.2, -0.15) is 0 Å². The first kappa shape index (κ1) is 15.3. The smallest absolute Gasteiger partial charge is 0.223 e. The molecule has 3 rings (SSSR count). The van der Waals surface area contributed by atoms with Crippen LogP contribution < -0.4 is 10.6 Å².